The van der Waals surface area contributed by atoms with Gasteiger partial charge < -0.3 is 9.47 Å². The molecule has 0 radical (unpaired) electrons. The molecule has 0 aliphatic rings. The van der Waals surface area contributed by atoms with Crippen LogP contribution in [0.25, 0.3) is 0 Å². The Balaban J connectivity index is 2.80. The zero-order chi connectivity index (χ0) is 14.5. The maximum Gasteiger partial charge on any atom is 0.240 e. The smallest absolute Gasteiger partial charge is 0.240 e. The predicted molar refractivity (Wildman–Crippen MR) is 76.9 cm³/mol. The molecular formula is C12H18BrNO4S. The summed E-state index contributed by atoms with van der Waals surface area (Å²) in [4.78, 5) is 0.199. The van der Waals surface area contributed by atoms with Crippen LogP contribution in [-0.2, 0) is 14.8 Å². The highest BCUT2D eigenvalue weighted by Gasteiger charge is 2.16. The maximum atomic E-state index is 12.1. The van der Waals surface area contributed by atoms with Crippen molar-refractivity contribution in [3.05, 3.63) is 22.7 Å². The molecule has 7 heteroatoms. The van der Waals surface area contributed by atoms with Gasteiger partial charge in [0.15, 0.2) is 0 Å². The van der Waals surface area contributed by atoms with Crippen molar-refractivity contribution in [2.75, 3.05) is 27.4 Å². The van der Waals surface area contributed by atoms with E-state index >= 15 is 0 Å². The van der Waals surface area contributed by atoms with Crippen molar-refractivity contribution in [2.24, 2.45) is 5.92 Å². The van der Waals surface area contributed by atoms with Crippen LogP contribution in [0.5, 0.6) is 5.75 Å². The molecule has 0 spiro atoms. The third kappa shape index (κ3) is 4.76. The van der Waals surface area contributed by atoms with Crippen LogP contribution in [0.4, 0.5) is 0 Å². The summed E-state index contributed by atoms with van der Waals surface area (Å²) in [6.45, 7) is 2.75. The van der Waals surface area contributed by atoms with Gasteiger partial charge in [0, 0.05) is 20.3 Å². The van der Waals surface area contributed by atoms with Gasteiger partial charge in [0.2, 0.25) is 10.0 Å². The largest absolute Gasteiger partial charge is 0.496 e. The average Bonchev–Trinajstić information content (AvgIpc) is 2.37. The number of rotatable bonds is 7. The lowest BCUT2D eigenvalue weighted by Gasteiger charge is -2.12. The van der Waals surface area contributed by atoms with E-state index in [2.05, 4.69) is 20.7 Å². The fourth-order valence-electron chi connectivity index (χ4n) is 1.49. The van der Waals surface area contributed by atoms with Gasteiger partial charge in [-0.25, -0.2) is 13.1 Å². The Bertz CT molecular complexity index is 518. The van der Waals surface area contributed by atoms with Gasteiger partial charge in [-0.3, -0.25) is 0 Å². The summed E-state index contributed by atoms with van der Waals surface area (Å²) < 4.78 is 37.3. The fraction of sp³-hybridized carbons (Fsp3) is 0.500. The van der Waals surface area contributed by atoms with Crippen molar-refractivity contribution < 1.29 is 17.9 Å². The standard InChI is InChI=1S/C12H18BrNO4S/c1-9(8-17-2)7-14-19(15,16)10-4-5-12(18-3)11(13)6-10/h4-6,9,14H,7-8H2,1-3H3. The van der Waals surface area contributed by atoms with Crippen LogP contribution < -0.4 is 9.46 Å². The molecule has 19 heavy (non-hydrogen) atoms. The minimum atomic E-state index is -3.51. The van der Waals surface area contributed by atoms with Gasteiger partial charge in [-0.05, 0) is 40.0 Å². The van der Waals surface area contributed by atoms with Gasteiger partial charge in [0.05, 0.1) is 16.5 Å². The van der Waals surface area contributed by atoms with E-state index in [0.29, 0.717) is 23.4 Å². The summed E-state index contributed by atoms with van der Waals surface area (Å²) in [5.41, 5.74) is 0. The van der Waals surface area contributed by atoms with Crippen molar-refractivity contribution in [1.82, 2.24) is 4.72 Å². The van der Waals surface area contributed by atoms with Gasteiger partial charge >= 0.3 is 0 Å². The summed E-state index contributed by atoms with van der Waals surface area (Å²) in [5, 5.41) is 0. The molecule has 0 heterocycles. The van der Waals surface area contributed by atoms with E-state index in [1.54, 1.807) is 13.2 Å². The normalized spacial score (nSPS) is 13.3. The molecule has 0 bridgehead atoms. The lowest BCUT2D eigenvalue weighted by atomic mass is 10.2. The van der Waals surface area contributed by atoms with E-state index in [4.69, 9.17) is 9.47 Å². The summed E-state index contributed by atoms with van der Waals surface area (Å²) in [7, 11) is -0.397. The zero-order valence-corrected chi connectivity index (χ0v) is 13.5. The molecule has 1 N–H and O–H groups in total. The summed E-state index contributed by atoms with van der Waals surface area (Å²) >= 11 is 3.27. The highest BCUT2D eigenvalue weighted by molar-refractivity contribution is 9.10. The van der Waals surface area contributed by atoms with Crippen LogP contribution in [0, 0.1) is 5.92 Å². The SMILES string of the molecule is COCC(C)CNS(=O)(=O)c1ccc(OC)c(Br)c1. The second-order valence-corrected chi connectivity index (χ2v) is 6.83. The second kappa shape index (κ2) is 7.23. The predicted octanol–water partition coefficient (Wildman–Crippen LogP) is 2.02. The molecule has 108 valence electrons. The van der Waals surface area contributed by atoms with Crippen molar-refractivity contribution >= 4 is 26.0 Å². The average molecular weight is 352 g/mol. The Hall–Kier alpha value is -0.630. The molecule has 0 saturated carbocycles. The van der Waals surface area contributed by atoms with E-state index in [1.165, 1.54) is 19.2 Å². The highest BCUT2D eigenvalue weighted by atomic mass is 79.9. The van der Waals surface area contributed by atoms with Gasteiger partial charge in [-0.2, -0.15) is 0 Å². The van der Waals surface area contributed by atoms with Crippen molar-refractivity contribution in [1.29, 1.82) is 0 Å². The quantitative estimate of drug-likeness (QED) is 0.816. The minimum absolute atomic E-state index is 0.112. The maximum absolute atomic E-state index is 12.1. The third-order valence-electron chi connectivity index (χ3n) is 2.51. The molecule has 5 nitrogen and oxygen atoms in total. The van der Waals surface area contributed by atoms with E-state index < -0.39 is 10.0 Å². The van der Waals surface area contributed by atoms with E-state index in [1.807, 2.05) is 6.92 Å². The molecule has 1 aromatic rings. The fourth-order valence-corrected chi connectivity index (χ4v) is 3.38. The number of ether oxygens (including phenoxy) is 2. The van der Waals surface area contributed by atoms with Crippen molar-refractivity contribution in [2.45, 2.75) is 11.8 Å². The molecule has 1 atom stereocenters. The second-order valence-electron chi connectivity index (χ2n) is 4.21. The third-order valence-corrected chi connectivity index (χ3v) is 4.55. The minimum Gasteiger partial charge on any atom is -0.496 e. The first-order valence-electron chi connectivity index (χ1n) is 5.73. The highest BCUT2D eigenvalue weighted by Crippen LogP contribution is 2.27. The molecule has 1 unspecified atom stereocenters. The molecule has 0 aromatic heterocycles. The van der Waals surface area contributed by atoms with Crippen molar-refractivity contribution in [3.8, 4) is 5.75 Å². The van der Waals surface area contributed by atoms with Gasteiger partial charge in [-0.1, -0.05) is 6.92 Å². The number of hydrogen-bond acceptors (Lipinski definition) is 4. The number of methoxy groups -OCH3 is 2. The number of benzene rings is 1. The Kier molecular flexibility index (Phi) is 6.25. The molecule has 0 aliphatic heterocycles. The van der Waals surface area contributed by atoms with Crippen LogP contribution in [0.2, 0.25) is 0 Å². The van der Waals surface area contributed by atoms with Crippen LogP contribution in [0.3, 0.4) is 0 Å². The molecule has 1 aromatic carbocycles. The molecule has 0 fully saturated rings. The topological polar surface area (TPSA) is 64.6 Å². The summed E-state index contributed by atoms with van der Waals surface area (Å²) in [5.74, 6) is 0.702. The molecular weight excluding hydrogens is 334 g/mol. The first-order valence-corrected chi connectivity index (χ1v) is 8.00. The Morgan fingerprint density at radius 2 is 2.05 bits per heavy atom. The van der Waals surface area contributed by atoms with Gasteiger partial charge in [0.1, 0.15) is 5.75 Å². The van der Waals surface area contributed by atoms with Crippen LogP contribution in [-0.4, -0.2) is 35.8 Å². The molecule has 0 saturated heterocycles. The zero-order valence-electron chi connectivity index (χ0n) is 11.1. The monoisotopic (exact) mass is 351 g/mol. The van der Waals surface area contributed by atoms with E-state index in [9.17, 15) is 8.42 Å². The van der Waals surface area contributed by atoms with Gasteiger partial charge in [0.25, 0.3) is 0 Å². The number of hydrogen-bond donors (Lipinski definition) is 1. The molecule has 1 rings (SSSR count). The molecule has 0 aliphatic carbocycles. The number of nitrogens with one attached hydrogen (secondary N) is 1. The molecule has 0 amide bonds. The van der Waals surface area contributed by atoms with Crippen LogP contribution >= 0.6 is 15.9 Å². The number of halogens is 1. The number of sulfonamides is 1. The van der Waals surface area contributed by atoms with Gasteiger partial charge in [-0.15, -0.1) is 0 Å². The summed E-state index contributed by atoms with van der Waals surface area (Å²) in [6, 6.07) is 4.63. The lowest BCUT2D eigenvalue weighted by Crippen LogP contribution is -2.30. The lowest BCUT2D eigenvalue weighted by molar-refractivity contribution is 0.161. The Labute approximate surface area is 122 Å². The van der Waals surface area contributed by atoms with Crippen molar-refractivity contribution in [3.63, 3.8) is 0 Å². The van der Waals surface area contributed by atoms with Crippen LogP contribution in [0.15, 0.2) is 27.6 Å². The Morgan fingerprint density at radius 3 is 2.58 bits per heavy atom. The first kappa shape index (κ1) is 16.4. The van der Waals surface area contributed by atoms with E-state index in [-0.39, 0.29) is 10.8 Å². The van der Waals surface area contributed by atoms with E-state index in [0.717, 1.165) is 0 Å². The van der Waals surface area contributed by atoms with Crippen LogP contribution in [0.1, 0.15) is 6.92 Å². The summed E-state index contributed by atoms with van der Waals surface area (Å²) in [6.07, 6.45) is 0. The first-order chi connectivity index (χ1) is 8.90. The Morgan fingerprint density at radius 1 is 1.37 bits per heavy atom.